The molecule has 2 aromatic heterocycles. The molecule has 0 fully saturated rings. The summed E-state index contributed by atoms with van der Waals surface area (Å²) in [5.41, 5.74) is 7.02. The molecular weight excluding hydrogens is 202 g/mol. The number of nitrogen functional groups attached to an aromatic ring is 1. The first-order valence-electron chi connectivity index (χ1n) is 3.97. The van der Waals surface area contributed by atoms with Crippen LogP contribution in [0.5, 0.6) is 0 Å². The van der Waals surface area contributed by atoms with E-state index in [1.807, 2.05) is 13.0 Å². The first kappa shape index (κ1) is 8.96. The van der Waals surface area contributed by atoms with Gasteiger partial charge in [-0.3, -0.25) is 0 Å². The molecule has 0 spiro atoms. The molecule has 0 saturated heterocycles. The lowest BCUT2D eigenvalue weighted by molar-refractivity contribution is 0.829. The van der Waals surface area contributed by atoms with Gasteiger partial charge in [-0.15, -0.1) is 0 Å². The molecule has 0 aliphatic carbocycles. The molecule has 0 atom stereocenters. The fourth-order valence-electron chi connectivity index (χ4n) is 1.08. The Morgan fingerprint density at radius 1 is 1.50 bits per heavy atom. The Balaban J connectivity index is 2.55. The van der Waals surface area contributed by atoms with E-state index in [-0.39, 0.29) is 5.28 Å². The lowest BCUT2D eigenvalue weighted by atomic mass is 10.5. The Morgan fingerprint density at radius 3 is 2.93 bits per heavy atom. The van der Waals surface area contributed by atoms with Crippen LogP contribution in [-0.4, -0.2) is 19.7 Å². The topological polar surface area (TPSA) is 69.6 Å². The Morgan fingerprint density at radius 2 is 2.29 bits per heavy atom. The lowest BCUT2D eigenvalue weighted by Gasteiger charge is -2.03. The standard InChI is InChI=1S/C8H8ClN5/c1-5-2-3-14(13-5)7-6(10)4-11-8(9)12-7/h2-4H,10H2,1H3. The maximum atomic E-state index is 5.69. The second kappa shape index (κ2) is 3.26. The summed E-state index contributed by atoms with van der Waals surface area (Å²) in [4.78, 5) is 7.75. The summed E-state index contributed by atoms with van der Waals surface area (Å²) in [6.45, 7) is 1.88. The van der Waals surface area contributed by atoms with Gasteiger partial charge < -0.3 is 5.73 Å². The van der Waals surface area contributed by atoms with Crippen LogP contribution in [0.2, 0.25) is 5.28 Å². The molecule has 0 radical (unpaired) electrons. The lowest BCUT2D eigenvalue weighted by Crippen LogP contribution is -2.04. The third kappa shape index (κ3) is 1.54. The van der Waals surface area contributed by atoms with Crippen molar-refractivity contribution in [2.75, 3.05) is 5.73 Å². The van der Waals surface area contributed by atoms with Crippen molar-refractivity contribution in [2.24, 2.45) is 0 Å². The van der Waals surface area contributed by atoms with Gasteiger partial charge in [-0.05, 0) is 24.6 Å². The third-order valence-corrected chi connectivity index (χ3v) is 1.89. The normalized spacial score (nSPS) is 10.4. The van der Waals surface area contributed by atoms with Crippen LogP contribution in [0.15, 0.2) is 18.5 Å². The first-order valence-corrected chi connectivity index (χ1v) is 4.35. The van der Waals surface area contributed by atoms with Crippen molar-refractivity contribution in [2.45, 2.75) is 6.92 Å². The van der Waals surface area contributed by atoms with E-state index < -0.39 is 0 Å². The zero-order valence-electron chi connectivity index (χ0n) is 7.48. The van der Waals surface area contributed by atoms with E-state index in [0.29, 0.717) is 11.5 Å². The minimum Gasteiger partial charge on any atom is -0.394 e. The Labute approximate surface area is 85.5 Å². The van der Waals surface area contributed by atoms with Gasteiger partial charge in [-0.1, -0.05) is 0 Å². The summed E-state index contributed by atoms with van der Waals surface area (Å²) in [5.74, 6) is 0.498. The van der Waals surface area contributed by atoms with Crippen molar-refractivity contribution < 1.29 is 0 Å². The zero-order valence-corrected chi connectivity index (χ0v) is 8.23. The van der Waals surface area contributed by atoms with Gasteiger partial charge in [0.05, 0.1) is 17.6 Å². The highest BCUT2D eigenvalue weighted by atomic mass is 35.5. The number of aromatic nitrogens is 4. The van der Waals surface area contributed by atoms with Crippen LogP contribution in [0, 0.1) is 6.92 Å². The van der Waals surface area contributed by atoms with E-state index in [9.17, 15) is 0 Å². The summed E-state index contributed by atoms with van der Waals surface area (Å²) in [6, 6.07) is 1.86. The van der Waals surface area contributed by atoms with Crippen LogP contribution < -0.4 is 5.73 Å². The summed E-state index contributed by atoms with van der Waals surface area (Å²) in [5, 5.41) is 4.33. The number of aryl methyl sites for hydroxylation is 1. The second-order valence-electron chi connectivity index (χ2n) is 2.82. The monoisotopic (exact) mass is 209 g/mol. The van der Waals surface area contributed by atoms with Gasteiger partial charge >= 0.3 is 0 Å². The highest BCUT2D eigenvalue weighted by molar-refractivity contribution is 6.28. The van der Waals surface area contributed by atoms with Crippen LogP contribution >= 0.6 is 11.6 Å². The summed E-state index contributed by atoms with van der Waals surface area (Å²) in [7, 11) is 0. The molecule has 14 heavy (non-hydrogen) atoms. The molecular formula is C8H8ClN5. The van der Waals surface area contributed by atoms with E-state index >= 15 is 0 Å². The van der Waals surface area contributed by atoms with Crippen LogP contribution in [0.25, 0.3) is 5.82 Å². The molecule has 0 aliphatic rings. The number of hydrogen-bond acceptors (Lipinski definition) is 4. The van der Waals surface area contributed by atoms with Crippen LogP contribution in [-0.2, 0) is 0 Å². The van der Waals surface area contributed by atoms with E-state index in [0.717, 1.165) is 5.69 Å². The van der Waals surface area contributed by atoms with Crippen LogP contribution in [0.3, 0.4) is 0 Å². The molecule has 2 heterocycles. The van der Waals surface area contributed by atoms with E-state index in [2.05, 4.69) is 15.1 Å². The highest BCUT2D eigenvalue weighted by Crippen LogP contribution is 2.14. The molecule has 0 aromatic carbocycles. The van der Waals surface area contributed by atoms with Crippen LogP contribution in [0.1, 0.15) is 5.69 Å². The van der Waals surface area contributed by atoms with Crippen LogP contribution in [0.4, 0.5) is 5.69 Å². The van der Waals surface area contributed by atoms with Gasteiger partial charge in [0.25, 0.3) is 0 Å². The summed E-state index contributed by atoms with van der Waals surface area (Å²) in [6.07, 6.45) is 3.23. The maximum Gasteiger partial charge on any atom is 0.224 e. The number of nitrogens with two attached hydrogens (primary N) is 1. The number of anilines is 1. The third-order valence-electron chi connectivity index (χ3n) is 1.71. The van der Waals surface area contributed by atoms with Gasteiger partial charge in [-0.2, -0.15) is 10.1 Å². The summed E-state index contributed by atoms with van der Waals surface area (Å²) < 4.78 is 1.57. The molecule has 0 amide bonds. The fraction of sp³-hybridized carbons (Fsp3) is 0.125. The average molecular weight is 210 g/mol. The smallest absolute Gasteiger partial charge is 0.224 e. The number of hydrogen-bond donors (Lipinski definition) is 1. The molecule has 72 valence electrons. The van der Waals surface area contributed by atoms with Crippen molar-refractivity contribution in [3.8, 4) is 5.82 Å². The Hall–Kier alpha value is -1.62. The van der Waals surface area contributed by atoms with Crippen molar-refractivity contribution in [3.63, 3.8) is 0 Å². The molecule has 5 nitrogen and oxygen atoms in total. The second-order valence-corrected chi connectivity index (χ2v) is 3.16. The minimum atomic E-state index is 0.155. The van der Waals surface area contributed by atoms with E-state index in [4.69, 9.17) is 17.3 Å². The molecule has 2 N–H and O–H groups in total. The van der Waals surface area contributed by atoms with E-state index in [1.54, 1.807) is 10.9 Å². The molecule has 0 unspecified atom stereocenters. The van der Waals surface area contributed by atoms with Crippen molar-refractivity contribution in [3.05, 3.63) is 29.4 Å². The minimum absolute atomic E-state index is 0.155. The number of nitrogens with zero attached hydrogens (tertiary/aromatic N) is 4. The van der Waals surface area contributed by atoms with E-state index in [1.165, 1.54) is 6.20 Å². The molecule has 0 bridgehead atoms. The fourth-order valence-corrected chi connectivity index (χ4v) is 1.21. The SMILES string of the molecule is Cc1ccn(-c2nc(Cl)ncc2N)n1. The molecule has 2 rings (SSSR count). The molecule has 0 aliphatic heterocycles. The Bertz CT molecular complexity index is 465. The van der Waals surface area contributed by atoms with Gasteiger partial charge in [0.1, 0.15) is 0 Å². The first-order chi connectivity index (χ1) is 6.66. The Kier molecular flexibility index (Phi) is 2.09. The molecule has 6 heteroatoms. The quantitative estimate of drug-likeness (QED) is 0.717. The van der Waals surface area contributed by atoms with Gasteiger partial charge in [0.15, 0.2) is 5.82 Å². The molecule has 0 saturated carbocycles. The number of rotatable bonds is 1. The van der Waals surface area contributed by atoms with Crippen molar-refractivity contribution in [1.29, 1.82) is 0 Å². The van der Waals surface area contributed by atoms with Gasteiger partial charge in [-0.25, -0.2) is 9.67 Å². The van der Waals surface area contributed by atoms with Gasteiger partial charge in [0, 0.05) is 6.20 Å². The maximum absolute atomic E-state index is 5.69. The zero-order chi connectivity index (χ0) is 10.1. The highest BCUT2D eigenvalue weighted by Gasteiger charge is 2.06. The predicted molar refractivity (Wildman–Crippen MR) is 53.3 cm³/mol. The summed E-state index contributed by atoms with van der Waals surface area (Å²) >= 11 is 5.65. The molecule has 2 aromatic rings. The number of halogens is 1. The van der Waals surface area contributed by atoms with Gasteiger partial charge in [0.2, 0.25) is 5.28 Å². The van der Waals surface area contributed by atoms with Crippen molar-refractivity contribution in [1.82, 2.24) is 19.7 Å². The predicted octanol–water partition coefficient (Wildman–Crippen LogP) is 1.21. The average Bonchev–Trinajstić information content (AvgIpc) is 2.56. The van der Waals surface area contributed by atoms with Crippen molar-refractivity contribution >= 4 is 17.3 Å². The largest absolute Gasteiger partial charge is 0.394 e.